The van der Waals surface area contributed by atoms with Gasteiger partial charge in [0.15, 0.2) is 0 Å². The van der Waals surface area contributed by atoms with E-state index in [0.29, 0.717) is 6.42 Å². The second kappa shape index (κ2) is 2.36. The van der Waals surface area contributed by atoms with Gasteiger partial charge in [0.2, 0.25) is 0 Å². The Morgan fingerprint density at radius 3 is 2.40 bits per heavy atom. The van der Waals surface area contributed by atoms with Gasteiger partial charge in [-0.3, -0.25) is 0 Å². The van der Waals surface area contributed by atoms with Gasteiger partial charge in [0.05, 0.1) is 11.7 Å². The molecule has 58 valence electrons. The SMILES string of the molecule is C=C[C@H]1CC[C@H](O)[C@]1(C)O. The summed E-state index contributed by atoms with van der Waals surface area (Å²) < 4.78 is 0. The number of aliphatic hydroxyl groups is 2. The van der Waals surface area contributed by atoms with Gasteiger partial charge in [-0.1, -0.05) is 6.08 Å². The molecule has 0 amide bonds. The molecule has 1 aliphatic carbocycles. The minimum atomic E-state index is -0.943. The molecular weight excluding hydrogens is 128 g/mol. The van der Waals surface area contributed by atoms with E-state index in [-0.39, 0.29) is 5.92 Å². The monoisotopic (exact) mass is 142 g/mol. The van der Waals surface area contributed by atoms with E-state index in [0.717, 1.165) is 6.42 Å². The van der Waals surface area contributed by atoms with Crippen LogP contribution < -0.4 is 0 Å². The van der Waals surface area contributed by atoms with Crippen LogP contribution in [-0.4, -0.2) is 21.9 Å². The maximum absolute atomic E-state index is 9.60. The summed E-state index contributed by atoms with van der Waals surface area (Å²) >= 11 is 0. The molecule has 0 aromatic heterocycles. The molecule has 0 saturated heterocycles. The molecular formula is C8H14O2. The Morgan fingerprint density at radius 2 is 2.20 bits per heavy atom. The topological polar surface area (TPSA) is 40.5 Å². The van der Waals surface area contributed by atoms with Crippen molar-refractivity contribution >= 4 is 0 Å². The van der Waals surface area contributed by atoms with Crippen molar-refractivity contribution in [3.05, 3.63) is 12.7 Å². The summed E-state index contributed by atoms with van der Waals surface area (Å²) in [6.45, 7) is 5.27. The molecule has 1 aliphatic rings. The van der Waals surface area contributed by atoms with E-state index in [9.17, 15) is 10.2 Å². The van der Waals surface area contributed by atoms with E-state index >= 15 is 0 Å². The van der Waals surface area contributed by atoms with Gasteiger partial charge in [0.25, 0.3) is 0 Å². The van der Waals surface area contributed by atoms with Crippen LogP contribution in [0.4, 0.5) is 0 Å². The minimum Gasteiger partial charge on any atom is -0.390 e. The van der Waals surface area contributed by atoms with E-state index in [1.165, 1.54) is 0 Å². The number of hydrogen-bond donors (Lipinski definition) is 2. The summed E-state index contributed by atoms with van der Waals surface area (Å²) in [5.41, 5.74) is -0.943. The molecule has 0 aromatic carbocycles. The van der Waals surface area contributed by atoms with Crippen molar-refractivity contribution in [3.8, 4) is 0 Å². The van der Waals surface area contributed by atoms with Gasteiger partial charge in [0, 0.05) is 5.92 Å². The first-order valence-electron chi connectivity index (χ1n) is 3.62. The predicted molar refractivity (Wildman–Crippen MR) is 39.6 cm³/mol. The third kappa shape index (κ3) is 0.976. The molecule has 0 heterocycles. The molecule has 2 heteroatoms. The first-order valence-corrected chi connectivity index (χ1v) is 3.62. The summed E-state index contributed by atoms with van der Waals surface area (Å²) in [5.74, 6) is 0.0579. The van der Waals surface area contributed by atoms with Gasteiger partial charge < -0.3 is 10.2 Å². The standard InChI is InChI=1S/C8H14O2/c1-3-6-4-5-7(9)8(6,2)10/h3,6-7,9-10H,1,4-5H2,2H3/t6-,7-,8+/m0/s1. The van der Waals surface area contributed by atoms with E-state index in [4.69, 9.17) is 0 Å². The zero-order valence-electron chi connectivity index (χ0n) is 6.25. The molecule has 0 bridgehead atoms. The summed E-state index contributed by atoms with van der Waals surface area (Å²) in [7, 11) is 0. The van der Waals surface area contributed by atoms with Crippen LogP contribution in [0.25, 0.3) is 0 Å². The molecule has 1 saturated carbocycles. The van der Waals surface area contributed by atoms with Crippen molar-refractivity contribution in [2.24, 2.45) is 5.92 Å². The van der Waals surface area contributed by atoms with E-state index in [1.54, 1.807) is 13.0 Å². The average Bonchev–Trinajstić information content (AvgIpc) is 2.10. The van der Waals surface area contributed by atoms with Crippen molar-refractivity contribution in [3.63, 3.8) is 0 Å². The van der Waals surface area contributed by atoms with E-state index in [1.807, 2.05) is 0 Å². The van der Waals surface area contributed by atoms with E-state index in [2.05, 4.69) is 6.58 Å². The lowest BCUT2D eigenvalue weighted by Gasteiger charge is -2.26. The number of aliphatic hydroxyl groups excluding tert-OH is 1. The molecule has 1 rings (SSSR count). The molecule has 2 nitrogen and oxygen atoms in total. The average molecular weight is 142 g/mol. The van der Waals surface area contributed by atoms with Gasteiger partial charge >= 0.3 is 0 Å². The third-order valence-electron chi connectivity index (χ3n) is 2.46. The van der Waals surface area contributed by atoms with Gasteiger partial charge in [-0.15, -0.1) is 6.58 Å². The highest BCUT2D eigenvalue weighted by molar-refractivity contribution is 5.02. The Hall–Kier alpha value is -0.340. The number of rotatable bonds is 1. The highest BCUT2D eigenvalue weighted by atomic mass is 16.3. The first-order chi connectivity index (χ1) is 4.59. The fourth-order valence-corrected chi connectivity index (χ4v) is 1.53. The second-order valence-electron chi connectivity index (χ2n) is 3.16. The van der Waals surface area contributed by atoms with Crippen molar-refractivity contribution in [1.82, 2.24) is 0 Å². The molecule has 3 atom stereocenters. The lowest BCUT2D eigenvalue weighted by Crippen LogP contribution is -2.38. The summed E-state index contributed by atoms with van der Waals surface area (Å²) in [5, 5.41) is 18.9. The first kappa shape index (κ1) is 7.76. The third-order valence-corrected chi connectivity index (χ3v) is 2.46. The van der Waals surface area contributed by atoms with Gasteiger partial charge in [-0.05, 0) is 19.8 Å². The maximum Gasteiger partial charge on any atom is 0.0939 e. The van der Waals surface area contributed by atoms with Crippen molar-refractivity contribution in [1.29, 1.82) is 0 Å². The Morgan fingerprint density at radius 1 is 1.60 bits per heavy atom. The molecule has 0 spiro atoms. The summed E-state index contributed by atoms with van der Waals surface area (Å²) in [6.07, 6.45) is 2.67. The van der Waals surface area contributed by atoms with Crippen LogP contribution in [0.5, 0.6) is 0 Å². The van der Waals surface area contributed by atoms with Crippen LogP contribution in [0.1, 0.15) is 19.8 Å². The quantitative estimate of drug-likeness (QED) is 0.529. The van der Waals surface area contributed by atoms with Crippen LogP contribution in [0, 0.1) is 5.92 Å². The van der Waals surface area contributed by atoms with Crippen LogP contribution >= 0.6 is 0 Å². The van der Waals surface area contributed by atoms with Crippen molar-refractivity contribution < 1.29 is 10.2 Å². The predicted octanol–water partition coefficient (Wildman–Crippen LogP) is 0.694. The molecule has 10 heavy (non-hydrogen) atoms. The lowest BCUT2D eigenvalue weighted by molar-refractivity contribution is -0.0558. The zero-order chi connectivity index (χ0) is 7.78. The van der Waals surface area contributed by atoms with Crippen LogP contribution in [0.2, 0.25) is 0 Å². The largest absolute Gasteiger partial charge is 0.390 e. The minimum absolute atomic E-state index is 0.0579. The highest BCUT2D eigenvalue weighted by Gasteiger charge is 2.42. The summed E-state index contributed by atoms with van der Waals surface area (Å²) in [4.78, 5) is 0. The Labute approximate surface area is 61.2 Å². The van der Waals surface area contributed by atoms with Crippen LogP contribution in [0.15, 0.2) is 12.7 Å². The summed E-state index contributed by atoms with van der Waals surface area (Å²) in [6, 6.07) is 0. The van der Waals surface area contributed by atoms with Gasteiger partial charge in [-0.2, -0.15) is 0 Å². The van der Waals surface area contributed by atoms with Crippen molar-refractivity contribution in [2.45, 2.75) is 31.5 Å². The fourth-order valence-electron chi connectivity index (χ4n) is 1.53. The zero-order valence-corrected chi connectivity index (χ0v) is 6.25. The normalized spacial score (nSPS) is 47.5. The Bertz CT molecular complexity index is 140. The van der Waals surface area contributed by atoms with E-state index < -0.39 is 11.7 Å². The van der Waals surface area contributed by atoms with Crippen molar-refractivity contribution in [2.75, 3.05) is 0 Å². The highest BCUT2D eigenvalue weighted by Crippen LogP contribution is 2.35. The van der Waals surface area contributed by atoms with Crippen LogP contribution in [0.3, 0.4) is 0 Å². The molecule has 2 N–H and O–H groups in total. The Balaban J connectivity index is 2.73. The van der Waals surface area contributed by atoms with Gasteiger partial charge in [-0.25, -0.2) is 0 Å². The molecule has 0 aromatic rings. The molecule has 0 radical (unpaired) electrons. The maximum atomic E-state index is 9.60. The lowest BCUT2D eigenvalue weighted by atomic mass is 9.92. The van der Waals surface area contributed by atoms with Crippen LogP contribution in [-0.2, 0) is 0 Å². The Kier molecular flexibility index (Phi) is 1.84. The molecule has 1 fully saturated rings. The second-order valence-corrected chi connectivity index (χ2v) is 3.16. The fraction of sp³-hybridized carbons (Fsp3) is 0.750. The molecule has 0 aliphatic heterocycles. The number of hydrogen-bond acceptors (Lipinski definition) is 2. The van der Waals surface area contributed by atoms with Gasteiger partial charge in [0.1, 0.15) is 0 Å². The smallest absolute Gasteiger partial charge is 0.0939 e. The molecule has 0 unspecified atom stereocenters.